The molecule has 1 aliphatic heterocycles. The highest BCUT2D eigenvalue weighted by atomic mass is 32.2. The smallest absolute Gasteiger partial charge is 0.368 e. The first kappa shape index (κ1) is 39.3. The Hall–Kier alpha value is -3.88. The normalized spacial score (nSPS) is 21.9. The zero-order valence-corrected chi connectivity index (χ0v) is 28.2. The molecule has 0 saturated carbocycles. The van der Waals surface area contributed by atoms with Gasteiger partial charge >= 0.3 is 31.3 Å². The number of benzene rings is 4. The largest absolute Gasteiger partial charge is 0.523 e. The van der Waals surface area contributed by atoms with Gasteiger partial charge < -0.3 is 19.3 Å². The summed E-state index contributed by atoms with van der Waals surface area (Å²) in [5, 5.41) is 11.0. The second kappa shape index (κ2) is 15.6. The molecule has 0 aromatic heterocycles. The molecule has 1 N–H and O–H groups in total. The molecule has 4 aromatic carbocycles. The molecule has 1 fully saturated rings. The average Bonchev–Trinajstić information content (AvgIpc) is 3.10. The summed E-state index contributed by atoms with van der Waals surface area (Å²) in [6, 6.07) is 32.7. The van der Waals surface area contributed by atoms with Crippen LogP contribution in [0.2, 0.25) is 0 Å². The van der Waals surface area contributed by atoms with Gasteiger partial charge in [0.1, 0.15) is 23.9 Å². The molecule has 1 saturated heterocycles. The number of rotatable bonds is 13. The number of aliphatic hydroxyl groups is 1. The Morgan fingerprint density at radius 3 is 1.37 bits per heavy atom. The van der Waals surface area contributed by atoms with Gasteiger partial charge in [-0.1, -0.05) is 121 Å². The summed E-state index contributed by atoms with van der Waals surface area (Å²) in [5.41, 5.74) is -12.1. The van der Waals surface area contributed by atoms with Crippen LogP contribution in [0.1, 0.15) is 22.3 Å². The van der Waals surface area contributed by atoms with Gasteiger partial charge in [-0.3, -0.25) is 8.37 Å². The van der Waals surface area contributed by atoms with Crippen LogP contribution in [-0.4, -0.2) is 70.3 Å². The van der Waals surface area contributed by atoms with Crippen molar-refractivity contribution in [3.8, 4) is 0 Å². The first-order chi connectivity index (χ1) is 24.5. The third-order valence-corrected chi connectivity index (χ3v) is 10.0. The quantitative estimate of drug-likeness (QED) is 0.0773. The van der Waals surface area contributed by atoms with Crippen LogP contribution in [0.25, 0.3) is 0 Å². The van der Waals surface area contributed by atoms with E-state index in [0.717, 1.165) is 0 Å². The van der Waals surface area contributed by atoms with Gasteiger partial charge in [-0.15, -0.1) is 0 Å². The van der Waals surface area contributed by atoms with Crippen molar-refractivity contribution in [2.24, 2.45) is 0 Å². The lowest BCUT2D eigenvalue weighted by molar-refractivity contribution is -0.291. The number of hydrogen-bond acceptors (Lipinski definition) is 10. The molecule has 5 rings (SSSR count). The molecule has 0 bridgehead atoms. The standard InChI is InChI=1S/C34H30F6O10S2/c35-33(36,37)51(42,43)49-28-27(48-31(41)30(50-52(44,45)34(38,39)40)29(28)46-21-23-13-5-1-6-14-23)22-47-32(24-15-7-2-8-16-24,25-17-9-3-10-18-25)26-19-11-4-12-20-26/h1-20,27-31,41H,21-22H2/t27-,28-,29+,30-,31-/m1/s1. The molecule has 0 aliphatic carbocycles. The predicted octanol–water partition coefficient (Wildman–Crippen LogP) is 5.77. The Labute approximate surface area is 294 Å². The molecular weight excluding hydrogens is 746 g/mol. The van der Waals surface area contributed by atoms with Crippen LogP contribution >= 0.6 is 0 Å². The van der Waals surface area contributed by atoms with Crippen molar-refractivity contribution in [2.45, 2.75) is 53.9 Å². The molecule has 0 amide bonds. The predicted molar refractivity (Wildman–Crippen MR) is 171 cm³/mol. The summed E-state index contributed by atoms with van der Waals surface area (Å²) in [4.78, 5) is 0. The lowest BCUT2D eigenvalue weighted by Crippen LogP contribution is -2.63. The summed E-state index contributed by atoms with van der Waals surface area (Å²) >= 11 is 0. The van der Waals surface area contributed by atoms with Crippen molar-refractivity contribution in [1.82, 2.24) is 0 Å². The van der Waals surface area contributed by atoms with E-state index in [0.29, 0.717) is 16.7 Å². The summed E-state index contributed by atoms with van der Waals surface area (Å²) in [6.07, 6.45) is -12.6. The maximum atomic E-state index is 13.8. The molecule has 0 unspecified atom stereocenters. The SMILES string of the molecule is O=S(=O)(O[C@@H]1[C@@H](OCc2ccccc2)[C@H](OS(=O)(=O)C(F)(F)F)[C@@H](COC(c2ccccc2)(c2ccccc2)c2ccccc2)O[C@H]1O)C(F)(F)F. The van der Waals surface area contributed by atoms with Gasteiger partial charge in [0.15, 0.2) is 12.4 Å². The van der Waals surface area contributed by atoms with Crippen LogP contribution in [-0.2, 0) is 55.0 Å². The first-order valence-electron chi connectivity index (χ1n) is 15.2. The van der Waals surface area contributed by atoms with Crippen molar-refractivity contribution in [2.75, 3.05) is 6.61 Å². The maximum Gasteiger partial charge on any atom is 0.523 e. The second-order valence-electron chi connectivity index (χ2n) is 11.3. The van der Waals surface area contributed by atoms with Crippen molar-refractivity contribution in [1.29, 1.82) is 0 Å². The van der Waals surface area contributed by atoms with E-state index >= 15 is 0 Å². The van der Waals surface area contributed by atoms with Gasteiger partial charge in [0, 0.05) is 0 Å². The topological polar surface area (TPSA) is 135 Å². The minimum atomic E-state index is -6.59. The number of ether oxygens (including phenoxy) is 3. The van der Waals surface area contributed by atoms with Crippen molar-refractivity contribution < 1.29 is 70.9 Å². The molecule has 0 radical (unpaired) electrons. The van der Waals surface area contributed by atoms with Gasteiger partial charge in [-0.25, -0.2) is 0 Å². The molecule has 52 heavy (non-hydrogen) atoms. The number of halogens is 6. The van der Waals surface area contributed by atoms with Crippen molar-refractivity contribution in [3.63, 3.8) is 0 Å². The van der Waals surface area contributed by atoms with Gasteiger partial charge in [0.25, 0.3) is 0 Å². The first-order valence-corrected chi connectivity index (χ1v) is 18.1. The van der Waals surface area contributed by atoms with Gasteiger partial charge in [-0.2, -0.15) is 43.2 Å². The summed E-state index contributed by atoms with van der Waals surface area (Å²) in [7, 11) is -13.2. The molecule has 5 atom stereocenters. The molecule has 10 nitrogen and oxygen atoms in total. The lowest BCUT2D eigenvalue weighted by atomic mass is 9.80. The third-order valence-electron chi connectivity index (χ3n) is 7.94. The van der Waals surface area contributed by atoms with Crippen LogP contribution in [0.5, 0.6) is 0 Å². The van der Waals surface area contributed by atoms with E-state index in [4.69, 9.17) is 14.2 Å². The van der Waals surface area contributed by atoms with Crippen LogP contribution < -0.4 is 0 Å². The van der Waals surface area contributed by atoms with E-state index in [1.807, 2.05) is 0 Å². The lowest BCUT2D eigenvalue weighted by Gasteiger charge is -2.44. The van der Waals surface area contributed by atoms with Gasteiger partial charge in [0.05, 0.1) is 13.2 Å². The molecule has 280 valence electrons. The number of aliphatic hydroxyl groups excluding tert-OH is 1. The summed E-state index contributed by atoms with van der Waals surface area (Å²) < 4.78 is 157. The molecular formula is C34H30F6O10S2. The molecule has 1 heterocycles. The molecule has 18 heteroatoms. The fourth-order valence-corrected chi connectivity index (χ4v) is 6.82. The average molecular weight is 777 g/mol. The fraction of sp³-hybridized carbons (Fsp3) is 0.294. The second-order valence-corrected chi connectivity index (χ2v) is 14.5. The minimum absolute atomic E-state index is 0.266. The highest BCUT2D eigenvalue weighted by Gasteiger charge is 2.59. The summed E-state index contributed by atoms with van der Waals surface area (Å²) in [6.45, 7) is -1.57. The molecule has 0 spiro atoms. The van der Waals surface area contributed by atoms with E-state index in [2.05, 4.69) is 8.37 Å². The molecule has 4 aromatic rings. The third kappa shape index (κ3) is 8.50. The van der Waals surface area contributed by atoms with Crippen molar-refractivity contribution in [3.05, 3.63) is 144 Å². The van der Waals surface area contributed by atoms with Crippen LogP contribution in [0.4, 0.5) is 26.3 Å². The van der Waals surface area contributed by atoms with Crippen LogP contribution in [0.15, 0.2) is 121 Å². The fourth-order valence-electron chi connectivity index (χ4n) is 5.58. The Morgan fingerprint density at radius 2 is 0.962 bits per heavy atom. The highest BCUT2D eigenvalue weighted by molar-refractivity contribution is 7.87. The van der Waals surface area contributed by atoms with E-state index in [9.17, 15) is 48.3 Å². The minimum Gasteiger partial charge on any atom is -0.368 e. The van der Waals surface area contributed by atoms with Gasteiger partial charge in [-0.05, 0) is 22.3 Å². The highest BCUT2D eigenvalue weighted by Crippen LogP contribution is 2.42. The van der Waals surface area contributed by atoms with Crippen LogP contribution in [0, 0.1) is 0 Å². The monoisotopic (exact) mass is 776 g/mol. The van der Waals surface area contributed by atoms with E-state index < -0.39 is 80.8 Å². The Bertz CT molecular complexity index is 1870. The number of hydrogen-bond donors (Lipinski definition) is 1. The molecule has 1 aliphatic rings. The Kier molecular flexibility index (Phi) is 11.8. The van der Waals surface area contributed by atoms with Gasteiger partial charge in [0.2, 0.25) is 0 Å². The van der Waals surface area contributed by atoms with Crippen molar-refractivity contribution >= 4 is 20.2 Å². The van der Waals surface area contributed by atoms with E-state index in [1.165, 1.54) is 24.3 Å². The van der Waals surface area contributed by atoms with Crippen LogP contribution in [0.3, 0.4) is 0 Å². The zero-order valence-electron chi connectivity index (χ0n) is 26.6. The summed E-state index contributed by atoms with van der Waals surface area (Å²) in [5.74, 6) is 0. The Morgan fingerprint density at radius 1 is 0.577 bits per heavy atom. The van der Waals surface area contributed by atoms with E-state index in [-0.39, 0.29) is 5.56 Å². The van der Waals surface area contributed by atoms with E-state index in [1.54, 1.807) is 97.1 Å². The Balaban J connectivity index is 1.63. The number of alkyl halides is 6. The zero-order chi connectivity index (χ0) is 37.8. The maximum absolute atomic E-state index is 13.8.